The molecule has 0 radical (unpaired) electrons. The van der Waals surface area contributed by atoms with Crippen LogP contribution in [0.5, 0.6) is 0 Å². The Labute approximate surface area is 201 Å². The SMILES string of the molecule is C=CCN1C(=O)c2oc3ccccc3c(=O)c2C12C(=O)N(Cc1ccc(C)cc1)c1ccccc12. The number of anilines is 1. The van der Waals surface area contributed by atoms with Crippen molar-refractivity contribution in [3.63, 3.8) is 0 Å². The van der Waals surface area contributed by atoms with Gasteiger partial charge < -0.3 is 14.2 Å². The van der Waals surface area contributed by atoms with Crippen LogP contribution in [0.3, 0.4) is 0 Å². The molecule has 172 valence electrons. The summed E-state index contributed by atoms with van der Waals surface area (Å²) in [4.78, 5) is 45.1. The number of amides is 2. The largest absolute Gasteiger partial charge is 0.450 e. The zero-order valence-corrected chi connectivity index (χ0v) is 19.2. The van der Waals surface area contributed by atoms with Gasteiger partial charge in [-0.25, -0.2) is 0 Å². The van der Waals surface area contributed by atoms with Gasteiger partial charge in [-0.15, -0.1) is 6.58 Å². The Kier molecular flexibility index (Phi) is 4.54. The van der Waals surface area contributed by atoms with E-state index in [2.05, 4.69) is 6.58 Å². The van der Waals surface area contributed by atoms with E-state index in [0.29, 0.717) is 28.8 Å². The zero-order chi connectivity index (χ0) is 24.3. The number of rotatable bonds is 4. The Morgan fingerprint density at radius 3 is 2.43 bits per heavy atom. The summed E-state index contributed by atoms with van der Waals surface area (Å²) in [7, 11) is 0. The average Bonchev–Trinajstić information content (AvgIpc) is 3.26. The van der Waals surface area contributed by atoms with Crippen molar-refractivity contribution in [3.8, 4) is 0 Å². The molecule has 0 saturated carbocycles. The van der Waals surface area contributed by atoms with Crippen LogP contribution in [-0.2, 0) is 16.9 Å². The highest BCUT2D eigenvalue weighted by atomic mass is 16.3. The Morgan fingerprint density at radius 2 is 1.66 bits per heavy atom. The first kappa shape index (κ1) is 21.1. The lowest BCUT2D eigenvalue weighted by Crippen LogP contribution is -2.53. The van der Waals surface area contributed by atoms with E-state index in [1.54, 1.807) is 35.2 Å². The van der Waals surface area contributed by atoms with Gasteiger partial charge in [0, 0.05) is 12.1 Å². The number of hydrogen-bond acceptors (Lipinski definition) is 4. The molecule has 0 saturated heterocycles. The lowest BCUT2D eigenvalue weighted by molar-refractivity contribution is -0.126. The lowest BCUT2D eigenvalue weighted by Gasteiger charge is -2.33. The number of carbonyl (C=O) groups is 2. The van der Waals surface area contributed by atoms with Gasteiger partial charge in [-0.05, 0) is 30.7 Å². The van der Waals surface area contributed by atoms with Crippen molar-refractivity contribution in [2.75, 3.05) is 11.4 Å². The fraction of sp³-hybridized carbons (Fsp3) is 0.138. The Morgan fingerprint density at radius 1 is 0.943 bits per heavy atom. The highest BCUT2D eigenvalue weighted by molar-refractivity contribution is 6.17. The van der Waals surface area contributed by atoms with E-state index in [0.717, 1.165) is 11.1 Å². The topological polar surface area (TPSA) is 70.8 Å². The molecule has 6 heteroatoms. The van der Waals surface area contributed by atoms with E-state index in [1.165, 1.54) is 4.90 Å². The lowest BCUT2D eigenvalue weighted by atomic mass is 9.84. The highest BCUT2D eigenvalue weighted by Crippen LogP contribution is 2.52. The molecule has 0 N–H and O–H groups in total. The smallest absolute Gasteiger partial charge is 0.291 e. The summed E-state index contributed by atoms with van der Waals surface area (Å²) in [6.45, 7) is 6.20. The molecule has 6 rings (SSSR count). The summed E-state index contributed by atoms with van der Waals surface area (Å²) < 4.78 is 5.99. The molecular formula is C29H22N2O4. The van der Waals surface area contributed by atoms with Gasteiger partial charge in [-0.3, -0.25) is 14.4 Å². The molecule has 35 heavy (non-hydrogen) atoms. The molecule has 2 aliphatic heterocycles. The van der Waals surface area contributed by atoms with Crippen LogP contribution in [0.4, 0.5) is 5.69 Å². The maximum absolute atomic E-state index is 14.5. The van der Waals surface area contributed by atoms with Crippen molar-refractivity contribution in [2.24, 2.45) is 0 Å². The molecule has 4 aromatic rings. The van der Waals surface area contributed by atoms with Gasteiger partial charge in [0.05, 0.1) is 23.2 Å². The number of aryl methyl sites for hydroxylation is 1. The van der Waals surface area contributed by atoms with Gasteiger partial charge in [0.1, 0.15) is 5.58 Å². The minimum absolute atomic E-state index is 0.0758. The second-order valence-electron chi connectivity index (χ2n) is 8.94. The van der Waals surface area contributed by atoms with Crippen molar-refractivity contribution < 1.29 is 14.0 Å². The van der Waals surface area contributed by atoms with E-state index in [4.69, 9.17) is 4.42 Å². The first-order valence-corrected chi connectivity index (χ1v) is 11.4. The van der Waals surface area contributed by atoms with Crippen molar-refractivity contribution in [2.45, 2.75) is 19.0 Å². The predicted molar refractivity (Wildman–Crippen MR) is 133 cm³/mol. The minimum atomic E-state index is -1.62. The summed E-state index contributed by atoms with van der Waals surface area (Å²) in [5.41, 5.74) is 1.72. The molecule has 1 aromatic heterocycles. The van der Waals surface area contributed by atoms with Gasteiger partial charge in [-0.2, -0.15) is 0 Å². The van der Waals surface area contributed by atoms with E-state index < -0.39 is 11.4 Å². The van der Waals surface area contributed by atoms with Gasteiger partial charge in [-0.1, -0.05) is 66.2 Å². The van der Waals surface area contributed by atoms with E-state index >= 15 is 0 Å². The molecular weight excluding hydrogens is 440 g/mol. The number of para-hydroxylation sites is 2. The van der Waals surface area contributed by atoms with Crippen molar-refractivity contribution in [3.05, 3.63) is 124 Å². The maximum Gasteiger partial charge on any atom is 0.291 e. The number of benzene rings is 3. The van der Waals surface area contributed by atoms with Crippen LogP contribution in [0.2, 0.25) is 0 Å². The summed E-state index contributed by atoms with van der Waals surface area (Å²) in [5, 5.41) is 0.334. The van der Waals surface area contributed by atoms with Crippen LogP contribution in [-0.4, -0.2) is 23.3 Å². The van der Waals surface area contributed by atoms with Crippen LogP contribution in [0, 0.1) is 6.92 Å². The fourth-order valence-corrected chi connectivity index (χ4v) is 5.35. The Bertz CT molecular complexity index is 1600. The molecule has 1 unspecified atom stereocenters. The molecule has 0 aliphatic carbocycles. The van der Waals surface area contributed by atoms with Gasteiger partial charge in [0.25, 0.3) is 11.8 Å². The normalized spacial score (nSPS) is 18.4. The summed E-state index contributed by atoms with van der Waals surface area (Å²) in [6, 6.07) is 22.1. The van der Waals surface area contributed by atoms with Gasteiger partial charge in [0.2, 0.25) is 5.76 Å². The molecule has 0 fully saturated rings. The maximum atomic E-state index is 14.5. The van der Waals surface area contributed by atoms with Crippen LogP contribution >= 0.6 is 0 Å². The number of carbonyl (C=O) groups excluding carboxylic acids is 2. The summed E-state index contributed by atoms with van der Waals surface area (Å²) in [6.07, 6.45) is 1.56. The molecule has 2 amide bonds. The second-order valence-corrected chi connectivity index (χ2v) is 8.94. The van der Waals surface area contributed by atoms with E-state index in [-0.39, 0.29) is 29.2 Å². The van der Waals surface area contributed by atoms with E-state index in [1.807, 2.05) is 55.5 Å². The Balaban J connectivity index is 1.65. The molecule has 3 aromatic carbocycles. The van der Waals surface area contributed by atoms with Crippen LogP contribution in [0.25, 0.3) is 11.0 Å². The third-order valence-electron chi connectivity index (χ3n) is 6.92. The van der Waals surface area contributed by atoms with Crippen molar-refractivity contribution in [1.82, 2.24) is 4.90 Å². The van der Waals surface area contributed by atoms with Gasteiger partial charge in [0.15, 0.2) is 11.0 Å². The minimum Gasteiger partial charge on any atom is -0.450 e. The van der Waals surface area contributed by atoms with Gasteiger partial charge >= 0.3 is 0 Å². The van der Waals surface area contributed by atoms with Crippen molar-refractivity contribution in [1.29, 1.82) is 0 Å². The van der Waals surface area contributed by atoms with Crippen LogP contribution in [0.1, 0.15) is 32.8 Å². The Hall–Kier alpha value is -4.45. The number of fused-ring (bicyclic) bond motifs is 5. The summed E-state index contributed by atoms with van der Waals surface area (Å²) in [5.74, 6) is -0.935. The monoisotopic (exact) mass is 462 g/mol. The molecule has 1 spiro atoms. The zero-order valence-electron chi connectivity index (χ0n) is 19.2. The highest BCUT2D eigenvalue weighted by Gasteiger charge is 2.64. The van der Waals surface area contributed by atoms with Crippen molar-refractivity contribution >= 4 is 28.5 Å². The first-order chi connectivity index (χ1) is 17.0. The first-order valence-electron chi connectivity index (χ1n) is 11.4. The fourth-order valence-electron chi connectivity index (χ4n) is 5.35. The quantitative estimate of drug-likeness (QED) is 0.418. The predicted octanol–water partition coefficient (Wildman–Crippen LogP) is 4.53. The van der Waals surface area contributed by atoms with Crippen LogP contribution < -0.4 is 10.3 Å². The van der Waals surface area contributed by atoms with Crippen LogP contribution in [0.15, 0.2) is 94.7 Å². The molecule has 1 atom stereocenters. The second kappa shape index (κ2) is 7.53. The third-order valence-corrected chi connectivity index (χ3v) is 6.92. The third kappa shape index (κ3) is 2.74. The molecule has 3 heterocycles. The summed E-state index contributed by atoms with van der Waals surface area (Å²) >= 11 is 0. The average molecular weight is 463 g/mol. The number of nitrogens with zero attached hydrogens (tertiary/aromatic N) is 2. The molecule has 0 bridgehead atoms. The molecule has 2 aliphatic rings. The van der Waals surface area contributed by atoms with E-state index in [9.17, 15) is 14.4 Å². The molecule has 6 nitrogen and oxygen atoms in total. The standard InChI is InChI=1S/C29H22N2O4/c1-3-16-31-27(33)26-24(25(32)20-8-4-7-11-23(20)35-26)29(31)21-9-5-6-10-22(21)30(28(29)34)17-19-14-12-18(2)13-15-19/h3-15H,1,16-17H2,2H3. The number of hydrogen-bond donors (Lipinski definition) is 0.